The minimum atomic E-state index is -0.691. The lowest BCUT2D eigenvalue weighted by Crippen LogP contribution is -2.29. The highest BCUT2D eigenvalue weighted by Crippen LogP contribution is 2.42. The lowest BCUT2D eigenvalue weighted by molar-refractivity contribution is 0.0971. The van der Waals surface area contributed by atoms with E-state index < -0.39 is 11.9 Å². The van der Waals surface area contributed by atoms with Crippen LogP contribution >= 0.6 is 11.6 Å². The van der Waals surface area contributed by atoms with Gasteiger partial charge in [-0.1, -0.05) is 36.4 Å². The fourth-order valence-electron chi connectivity index (χ4n) is 4.30. The summed E-state index contributed by atoms with van der Waals surface area (Å²) < 4.78 is 17.1. The molecule has 1 aliphatic rings. The zero-order valence-electron chi connectivity index (χ0n) is 19.0. The Morgan fingerprint density at radius 3 is 2.37 bits per heavy atom. The first-order valence-electron chi connectivity index (χ1n) is 11.2. The molecule has 0 bridgehead atoms. The molecule has 35 heavy (non-hydrogen) atoms. The number of amides is 1. The normalized spacial score (nSPS) is 14.7. The number of anilines is 1. The maximum atomic E-state index is 13.7. The van der Waals surface area contributed by atoms with E-state index in [2.05, 4.69) is 6.58 Å². The zero-order chi connectivity index (χ0) is 24.5. The van der Waals surface area contributed by atoms with E-state index in [4.69, 9.17) is 25.5 Å². The molecule has 4 aromatic rings. The number of hydrogen-bond acceptors (Lipinski definition) is 5. The Labute approximate surface area is 207 Å². The van der Waals surface area contributed by atoms with Crippen molar-refractivity contribution in [2.45, 2.75) is 13.0 Å². The molecule has 2 heterocycles. The number of carbonyl (C=O) groups excluding carboxylic acids is 1. The van der Waals surface area contributed by atoms with Crippen molar-refractivity contribution in [3.05, 3.63) is 112 Å². The van der Waals surface area contributed by atoms with Crippen LogP contribution in [0.5, 0.6) is 11.5 Å². The Balaban J connectivity index is 1.68. The summed E-state index contributed by atoms with van der Waals surface area (Å²) in [5.74, 6) is 0.976. The summed E-state index contributed by atoms with van der Waals surface area (Å²) in [7, 11) is 0. The van der Waals surface area contributed by atoms with E-state index >= 15 is 0 Å². The standard InChI is InChI=1S/C28H22ClNO5/c1-3-15-34-21-10-5-17(6-11-21)25-24-26(31)22-16-18(29)7-14-23(22)35-27(24)28(32)30(25)19-8-12-20(13-9-19)33-4-2/h3,5-14,16,25H,1,4,15H2,2H3. The Morgan fingerprint density at radius 1 is 1.00 bits per heavy atom. The summed E-state index contributed by atoms with van der Waals surface area (Å²) in [6, 6.07) is 18.6. The quantitative estimate of drug-likeness (QED) is 0.292. The molecule has 6 nitrogen and oxygen atoms in total. The number of nitrogens with zero attached hydrogens (tertiary/aromatic N) is 1. The van der Waals surface area contributed by atoms with Crippen LogP contribution in [0.4, 0.5) is 5.69 Å². The van der Waals surface area contributed by atoms with Gasteiger partial charge < -0.3 is 13.9 Å². The van der Waals surface area contributed by atoms with Gasteiger partial charge in [-0.15, -0.1) is 0 Å². The van der Waals surface area contributed by atoms with Gasteiger partial charge >= 0.3 is 0 Å². The molecule has 0 N–H and O–H groups in total. The monoisotopic (exact) mass is 487 g/mol. The highest BCUT2D eigenvalue weighted by Gasteiger charge is 2.43. The SMILES string of the molecule is C=CCOc1ccc(C2c3c(oc4ccc(Cl)cc4c3=O)C(=O)N2c2ccc(OCC)cc2)cc1. The minimum Gasteiger partial charge on any atom is -0.494 e. The molecule has 0 spiro atoms. The molecule has 0 saturated heterocycles. The van der Waals surface area contributed by atoms with E-state index in [1.54, 1.807) is 65.6 Å². The topological polar surface area (TPSA) is 69.0 Å². The van der Waals surface area contributed by atoms with Crippen LogP contribution in [0, 0.1) is 0 Å². The highest BCUT2D eigenvalue weighted by atomic mass is 35.5. The first kappa shape index (κ1) is 22.7. The molecule has 1 amide bonds. The average molecular weight is 488 g/mol. The van der Waals surface area contributed by atoms with Crippen LogP contribution < -0.4 is 19.8 Å². The summed E-state index contributed by atoms with van der Waals surface area (Å²) in [5, 5.41) is 0.742. The molecule has 1 unspecified atom stereocenters. The van der Waals surface area contributed by atoms with Crippen molar-refractivity contribution >= 4 is 34.2 Å². The molecular formula is C28H22ClNO5. The van der Waals surface area contributed by atoms with Gasteiger partial charge in [0, 0.05) is 10.7 Å². The first-order valence-corrected chi connectivity index (χ1v) is 11.6. The van der Waals surface area contributed by atoms with Crippen LogP contribution in [0.25, 0.3) is 11.0 Å². The van der Waals surface area contributed by atoms with Crippen LogP contribution in [0.3, 0.4) is 0 Å². The van der Waals surface area contributed by atoms with Gasteiger partial charge in [-0.25, -0.2) is 0 Å². The van der Waals surface area contributed by atoms with E-state index in [0.717, 1.165) is 5.56 Å². The predicted octanol–water partition coefficient (Wildman–Crippen LogP) is 6.16. The van der Waals surface area contributed by atoms with Crippen molar-refractivity contribution in [2.75, 3.05) is 18.1 Å². The van der Waals surface area contributed by atoms with Crippen molar-refractivity contribution in [3.63, 3.8) is 0 Å². The van der Waals surface area contributed by atoms with E-state index in [-0.39, 0.29) is 16.8 Å². The van der Waals surface area contributed by atoms with Crippen molar-refractivity contribution < 1.29 is 18.7 Å². The summed E-state index contributed by atoms with van der Waals surface area (Å²) >= 11 is 6.16. The molecule has 0 fully saturated rings. The fraction of sp³-hybridized carbons (Fsp3) is 0.143. The Kier molecular flexibility index (Phi) is 6.05. The zero-order valence-corrected chi connectivity index (χ0v) is 19.7. The lowest BCUT2D eigenvalue weighted by Gasteiger charge is -2.25. The molecule has 1 atom stereocenters. The predicted molar refractivity (Wildman–Crippen MR) is 136 cm³/mol. The molecular weight excluding hydrogens is 466 g/mol. The second-order valence-corrected chi connectivity index (χ2v) is 8.42. The number of hydrogen-bond donors (Lipinski definition) is 0. The van der Waals surface area contributed by atoms with Crippen molar-refractivity contribution in [2.24, 2.45) is 0 Å². The maximum absolute atomic E-state index is 13.7. The molecule has 5 rings (SSSR count). The molecule has 1 aromatic heterocycles. The molecule has 7 heteroatoms. The number of halogens is 1. The number of fused-ring (bicyclic) bond motifs is 2. The van der Waals surface area contributed by atoms with Gasteiger partial charge in [-0.05, 0) is 67.1 Å². The van der Waals surface area contributed by atoms with E-state index in [0.29, 0.717) is 46.4 Å². The highest BCUT2D eigenvalue weighted by molar-refractivity contribution is 6.31. The Morgan fingerprint density at radius 2 is 1.69 bits per heavy atom. The van der Waals surface area contributed by atoms with Crippen molar-refractivity contribution in [3.8, 4) is 11.5 Å². The number of benzene rings is 3. The number of ether oxygens (including phenoxy) is 2. The molecule has 0 saturated carbocycles. The summed E-state index contributed by atoms with van der Waals surface area (Å²) in [4.78, 5) is 28.9. The third kappa shape index (κ3) is 4.06. The third-order valence-corrected chi connectivity index (χ3v) is 6.06. The van der Waals surface area contributed by atoms with Gasteiger partial charge in [0.1, 0.15) is 23.7 Å². The molecule has 176 valence electrons. The molecule has 0 aliphatic carbocycles. The van der Waals surface area contributed by atoms with Gasteiger partial charge in [0.2, 0.25) is 5.76 Å². The van der Waals surface area contributed by atoms with Gasteiger partial charge in [0.25, 0.3) is 5.91 Å². The van der Waals surface area contributed by atoms with E-state index in [1.807, 2.05) is 19.1 Å². The minimum absolute atomic E-state index is 0.0238. The van der Waals surface area contributed by atoms with Crippen LogP contribution in [-0.4, -0.2) is 19.1 Å². The van der Waals surface area contributed by atoms with Gasteiger partial charge in [-0.2, -0.15) is 0 Å². The summed E-state index contributed by atoms with van der Waals surface area (Å²) in [6.45, 7) is 6.47. The largest absolute Gasteiger partial charge is 0.494 e. The average Bonchev–Trinajstić information content (AvgIpc) is 3.16. The van der Waals surface area contributed by atoms with Gasteiger partial charge in [-0.3, -0.25) is 14.5 Å². The molecule has 1 aliphatic heterocycles. The third-order valence-electron chi connectivity index (χ3n) is 5.82. The summed E-state index contributed by atoms with van der Waals surface area (Å²) in [5.41, 5.74) is 1.65. The fourth-order valence-corrected chi connectivity index (χ4v) is 4.47. The van der Waals surface area contributed by atoms with E-state index in [9.17, 15) is 9.59 Å². The second kappa shape index (κ2) is 9.31. The van der Waals surface area contributed by atoms with Crippen LogP contribution in [-0.2, 0) is 0 Å². The lowest BCUT2D eigenvalue weighted by atomic mass is 9.98. The smallest absolute Gasteiger partial charge is 0.295 e. The van der Waals surface area contributed by atoms with Gasteiger partial charge in [0.15, 0.2) is 5.43 Å². The van der Waals surface area contributed by atoms with Crippen LogP contribution in [0.15, 0.2) is 88.6 Å². The van der Waals surface area contributed by atoms with Crippen LogP contribution in [0.1, 0.15) is 34.6 Å². The first-order chi connectivity index (χ1) is 17.0. The van der Waals surface area contributed by atoms with Crippen molar-refractivity contribution in [1.82, 2.24) is 0 Å². The molecule has 3 aromatic carbocycles. The summed E-state index contributed by atoms with van der Waals surface area (Å²) in [6.07, 6.45) is 1.66. The number of carbonyl (C=O) groups is 1. The maximum Gasteiger partial charge on any atom is 0.295 e. The van der Waals surface area contributed by atoms with Crippen LogP contribution in [0.2, 0.25) is 5.02 Å². The van der Waals surface area contributed by atoms with Crippen molar-refractivity contribution in [1.29, 1.82) is 0 Å². The Hall–Kier alpha value is -4.03. The molecule has 0 radical (unpaired) electrons. The number of rotatable bonds is 7. The van der Waals surface area contributed by atoms with E-state index in [1.165, 1.54) is 0 Å². The van der Waals surface area contributed by atoms with Gasteiger partial charge in [0.05, 0.1) is 23.6 Å². The Bertz CT molecular complexity index is 1470. The second-order valence-electron chi connectivity index (χ2n) is 7.99.